The second-order valence-electron chi connectivity index (χ2n) is 4.10. The maximum atomic E-state index is 2.61. The van der Waals surface area contributed by atoms with E-state index in [1.54, 1.807) is 0 Å². The van der Waals surface area contributed by atoms with E-state index in [0.717, 1.165) is 5.92 Å². The molecule has 0 aliphatic carbocycles. The molecule has 0 atom stereocenters. The third-order valence-corrected chi connectivity index (χ3v) is 2.86. The highest BCUT2D eigenvalue weighted by Crippen LogP contribution is 2.18. The van der Waals surface area contributed by atoms with Crippen LogP contribution in [0.1, 0.15) is 46.0 Å². The summed E-state index contributed by atoms with van der Waals surface area (Å²) < 4.78 is 0. The summed E-state index contributed by atoms with van der Waals surface area (Å²) in [6.45, 7) is 8.72. The van der Waals surface area contributed by atoms with Gasteiger partial charge in [-0.15, -0.1) is 0 Å². The summed E-state index contributed by atoms with van der Waals surface area (Å²) in [5.74, 6) is 0.986. The first-order chi connectivity index (χ1) is 5.86. The normalized spacial score (nSPS) is 18.2. The Morgan fingerprint density at radius 3 is 2.00 bits per heavy atom. The molecule has 1 saturated heterocycles. The molecule has 0 saturated carbocycles. The van der Waals surface area contributed by atoms with Crippen LogP contribution in [0, 0.1) is 5.92 Å². The minimum atomic E-state index is 0.986. The number of nitrogens with zero attached hydrogens (tertiary/aromatic N) is 1. The van der Waals surface area contributed by atoms with Crippen molar-refractivity contribution in [1.29, 1.82) is 0 Å². The van der Waals surface area contributed by atoms with Crippen molar-refractivity contribution in [2.75, 3.05) is 19.6 Å². The number of hydrogen-bond donors (Lipinski definition) is 0. The lowest BCUT2D eigenvalue weighted by atomic mass is 9.96. The summed E-state index contributed by atoms with van der Waals surface area (Å²) in [5.41, 5.74) is 0. The van der Waals surface area contributed by atoms with Crippen LogP contribution < -0.4 is 0 Å². The standard InChI is InChI=1S/C11H23N/c1-3-6-11(7-4-2)10-12-8-5-9-12/h11H,3-10H2,1-2H3. The van der Waals surface area contributed by atoms with E-state index in [1.165, 1.54) is 51.7 Å². The molecular weight excluding hydrogens is 146 g/mol. The third kappa shape index (κ3) is 3.14. The van der Waals surface area contributed by atoms with Crippen LogP contribution in [0.2, 0.25) is 0 Å². The highest BCUT2D eigenvalue weighted by molar-refractivity contribution is 4.72. The molecule has 1 nitrogen and oxygen atoms in total. The summed E-state index contributed by atoms with van der Waals surface area (Å²) in [4.78, 5) is 2.61. The highest BCUT2D eigenvalue weighted by Gasteiger charge is 2.17. The molecule has 0 amide bonds. The van der Waals surface area contributed by atoms with Gasteiger partial charge in [-0.3, -0.25) is 0 Å². The first kappa shape index (κ1) is 10.0. The first-order valence-electron chi connectivity index (χ1n) is 5.59. The van der Waals surface area contributed by atoms with Crippen molar-refractivity contribution in [2.24, 2.45) is 5.92 Å². The average Bonchev–Trinajstić information content (AvgIpc) is 1.97. The highest BCUT2D eigenvalue weighted by atomic mass is 15.2. The molecule has 0 N–H and O–H groups in total. The van der Waals surface area contributed by atoms with Gasteiger partial charge in [0.1, 0.15) is 0 Å². The maximum Gasteiger partial charge on any atom is 0.000967 e. The van der Waals surface area contributed by atoms with E-state index in [9.17, 15) is 0 Å². The van der Waals surface area contributed by atoms with Gasteiger partial charge in [0.05, 0.1) is 0 Å². The van der Waals surface area contributed by atoms with E-state index < -0.39 is 0 Å². The molecule has 1 aliphatic heterocycles. The molecule has 1 heteroatoms. The summed E-state index contributed by atoms with van der Waals surface area (Å²) in [6.07, 6.45) is 7.02. The van der Waals surface area contributed by atoms with Gasteiger partial charge in [0.2, 0.25) is 0 Å². The predicted molar refractivity (Wildman–Crippen MR) is 54.4 cm³/mol. The lowest BCUT2D eigenvalue weighted by Gasteiger charge is -2.34. The van der Waals surface area contributed by atoms with E-state index >= 15 is 0 Å². The van der Waals surface area contributed by atoms with Crippen LogP contribution >= 0.6 is 0 Å². The van der Waals surface area contributed by atoms with Crippen LogP contribution in [0.4, 0.5) is 0 Å². The predicted octanol–water partition coefficient (Wildman–Crippen LogP) is 2.91. The fraction of sp³-hybridized carbons (Fsp3) is 1.00. The second-order valence-corrected chi connectivity index (χ2v) is 4.10. The molecule has 0 bridgehead atoms. The fourth-order valence-electron chi connectivity index (χ4n) is 2.07. The number of hydrogen-bond acceptors (Lipinski definition) is 1. The van der Waals surface area contributed by atoms with Gasteiger partial charge in [0, 0.05) is 6.54 Å². The van der Waals surface area contributed by atoms with Crippen LogP contribution in [-0.4, -0.2) is 24.5 Å². The molecule has 0 aromatic rings. The zero-order chi connectivity index (χ0) is 8.81. The van der Waals surface area contributed by atoms with E-state index in [-0.39, 0.29) is 0 Å². The quantitative estimate of drug-likeness (QED) is 0.591. The summed E-state index contributed by atoms with van der Waals surface area (Å²) in [5, 5.41) is 0. The average molecular weight is 169 g/mol. The molecular formula is C11H23N. The Morgan fingerprint density at radius 1 is 1.08 bits per heavy atom. The fourth-order valence-corrected chi connectivity index (χ4v) is 2.07. The Balaban J connectivity index is 2.11. The Kier molecular flexibility index (Phi) is 4.67. The van der Waals surface area contributed by atoms with Crippen molar-refractivity contribution in [3.63, 3.8) is 0 Å². The molecule has 72 valence electrons. The van der Waals surface area contributed by atoms with Gasteiger partial charge < -0.3 is 4.90 Å². The first-order valence-corrected chi connectivity index (χ1v) is 5.59. The van der Waals surface area contributed by atoms with Gasteiger partial charge in [-0.05, 0) is 38.3 Å². The summed E-state index contributed by atoms with van der Waals surface area (Å²) in [7, 11) is 0. The van der Waals surface area contributed by atoms with Crippen molar-refractivity contribution in [1.82, 2.24) is 4.90 Å². The van der Waals surface area contributed by atoms with E-state index in [1.807, 2.05) is 0 Å². The smallest absolute Gasteiger partial charge is 0.000967 e. The van der Waals surface area contributed by atoms with Gasteiger partial charge in [0.15, 0.2) is 0 Å². The molecule has 0 radical (unpaired) electrons. The van der Waals surface area contributed by atoms with Crippen molar-refractivity contribution in [2.45, 2.75) is 46.0 Å². The van der Waals surface area contributed by atoms with Crippen molar-refractivity contribution in [3.05, 3.63) is 0 Å². The number of rotatable bonds is 6. The van der Waals surface area contributed by atoms with Crippen LogP contribution in [0.3, 0.4) is 0 Å². The van der Waals surface area contributed by atoms with Gasteiger partial charge >= 0.3 is 0 Å². The molecule has 0 spiro atoms. The van der Waals surface area contributed by atoms with Gasteiger partial charge in [-0.25, -0.2) is 0 Å². The largest absolute Gasteiger partial charge is 0.303 e. The van der Waals surface area contributed by atoms with Crippen LogP contribution in [0.15, 0.2) is 0 Å². The second kappa shape index (κ2) is 5.58. The summed E-state index contributed by atoms with van der Waals surface area (Å²) >= 11 is 0. The Hall–Kier alpha value is -0.0400. The molecule has 12 heavy (non-hydrogen) atoms. The van der Waals surface area contributed by atoms with E-state index in [4.69, 9.17) is 0 Å². The minimum absolute atomic E-state index is 0.986. The van der Waals surface area contributed by atoms with Crippen LogP contribution in [0.5, 0.6) is 0 Å². The molecule has 0 aromatic heterocycles. The zero-order valence-corrected chi connectivity index (χ0v) is 8.68. The van der Waals surface area contributed by atoms with E-state index in [2.05, 4.69) is 18.7 Å². The van der Waals surface area contributed by atoms with Gasteiger partial charge in [0.25, 0.3) is 0 Å². The molecule has 1 fully saturated rings. The Labute approximate surface area is 77.1 Å². The zero-order valence-electron chi connectivity index (χ0n) is 8.68. The summed E-state index contributed by atoms with van der Waals surface area (Å²) in [6, 6.07) is 0. The lowest BCUT2D eigenvalue weighted by Crippen LogP contribution is -2.40. The molecule has 0 aromatic carbocycles. The van der Waals surface area contributed by atoms with Crippen molar-refractivity contribution >= 4 is 0 Å². The maximum absolute atomic E-state index is 2.61. The molecule has 1 rings (SSSR count). The van der Waals surface area contributed by atoms with Crippen LogP contribution in [-0.2, 0) is 0 Å². The topological polar surface area (TPSA) is 3.24 Å². The molecule has 1 heterocycles. The third-order valence-electron chi connectivity index (χ3n) is 2.86. The van der Waals surface area contributed by atoms with Crippen molar-refractivity contribution < 1.29 is 0 Å². The number of likely N-dealkylation sites (tertiary alicyclic amines) is 1. The molecule has 1 aliphatic rings. The Morgan fingerprint density at radius 2 is 1.67 bits per heavy atom. The van der Waals surface area contributed by atoms with Gasteiger partial charge in [-0.1, -0.05) is 26.7 Å². The van der Waals surface area contributed by atoms with Crippen LogP contribution in [0.25, 0.3) is 0 Å². The monoisotopic (exact) mass is 169 g/mol. The Bertz CT molecular complexity index is 102. The lowest BCUT2D eigenvalue weighted by molar-refractivity contribution is 0.144. The minimum Gasteiger partial charge on any atom is -0.303 e. The van der Waals surface area contributed by atoms with E-state index in [0.29, 0.717) is 0 Å². The van der Waals surface area contributed by atoms with Gasteiger partial charge in [-0.2, -0.15) is 0 Å². The molecule has 0 unspecified atom stereocenters. The van der Waals surface area contributed by atoms with Crippen molar-refractivity contribution in [3.8, 4) is 0 Å². The SMILES string of the molecule is CCCC(CCC)CN1CCC1.